The highest BCUT2D eigenvalue weighted by Crippen LogP contribution is 2.39. The molecule has 0 bridgehead atoms. The number of nitrogens with zero attached hydrogens (tertiary/aromatic N) is 4. The summed E-state index contributed by atoms with van der Waals surface area (Å²) < 4.78 is 33.9. The van der Waals surface area contributed by atoms with Gasteiger partial charge in [0.2, 0.25) is 0 Å². The molecule has 3 heterocycles. The van der Waals surface area contributed by atoms with Gasteiger partial charge in [-0.2, -0.15) is 0 Å². The minimum Gasteiger partial charge on any atom is -0.493 e. The van der Waals surface area contributed by atoms with Gasteiger partial charge in [-0.15, -0.1) is 0 Å². The zero-order chi connectivity index (χ0) is 36.5. The molecule has 0 aliphatic rings. The van der Waals surface area contributed by atoms with Crippen LogP contribution in [-0.2, 0) is 19.6 Å². The summed E-state index contributed by atoms with van der Waals surface area (Å²) in [5.74, 6) is 3.83. The molecule has 10 heteroatoms. The predicted octanol–water partition coefficient (Wildman–Crippen LogP) is 8.13. The lowest BCUT2D eigenvalue weighted by molar-refractivity contribution is 0.239. The van der Waals surface area contributed by atoms with Crippen molar-refractivity contribution in [3.05, 3.63) is 126 Å². The number of hydrogen-bond acceptors (Lipinski definition) is 10. The molecular formula is C42H42N4O6. The lowest BCUT2D eigenvalue weighted by atomic mass is 10.1. The van der Waals surface area contributed by atoms with Gasteiger partial charge >= 0.3 is 0 Å². The molecule has 0 aliphatic heterocycles. The molecule has 0 spiro atoms. The van der Waals surface area contributed by atoms with E-state index in [1.54, 1.807) is 42.7 Å². The third kappa shape index (κ3) is 7.77. The largest absolute Gasteiger partial charge is 0.493 e. The molecule has 0 atom stereocenters. The predicted molar refractivity (Wildman–Crippen MR) is 201 cm³/mol. The van der Waals surface area contributed by atoms with E-state index in [1.165, 1.54) is 0 Å². The second-order valence-corrected chi connectivity index (χ2v) is 11.8. The van der Waals surface area contributed by atoms with E-state index in [2.05, 4.69) is 4.90 Å². The molecule has 0 amide bonds. The van der Waals surface area contributed by atoms with E-state index in [0.717, 1.165) is 50.9 Å². The highest BCUT2D eigenvalue weighted by Gasteiger charge is 2.18. The molecule has 0 saturated heterocycles. The molecular weight excluding hydrogens is 656 g/mol. The molecule has 0 unspecified atom stereocenters. The lowest BCUT2D eigenvalue weighted by Gasteiger charge is -2.23. The minimum atomic E-state index is 0.517. The first-order valence-electron chi connectivity index (χ1n) is 16.7. The van der Waals surface area contributed by atoms with Crippen molar-refractivity contribution in [2.45, 2.75) is 19.6 Å². The number of pyridine rings is 3. The zero-order valence-corrected chi connectivity index (χ0v) is 30.3. The van der Waals surface area contributed by atoms with Gasteiger partial charge in [0, 0.05) is 36.3 Å². The van der Waals surface area contributed by atoms with Gasteiger partial charge in [-0.1, -0.05) is 36.4 Å². The summed E-state index contributed by atoms with van der Waals surface area (Å²) in [6, 6.07) is 35.4. The molecule has 0 N–H and O–H groups in total. The van der Waals surface area contributed by atoms with Crippen LogP contribution >= 0.6 is 0 Å². The average molecular weight is 699 g/mol. The van der Waals surface area contributed by atoms with E-state index >= 15 is 0 Å². The summed E-state index contributed by atoms with van der Waals surface area (Å²) >= 11 is 0. The average Bonchev–Trinajstić information content (AvgIpc) is 3.19. The van der Waals surface area contributed by atoms with Crippen LogP contribution in [0.25, 0.3) is 33.8 Å². The van der Waals surface area contributed by atoms with Crippen LogP contribution in [0.3, 0.4) is 0 Å². The zero-order valence-electron chi connectivity index (χ0n) is 30.3. The third-order valence-corrected chi connectivity index (χ3v) is 8.61. The van der Waals surface area contributed by atoms with Crippen LogP contribution in [0.4, 0.5) is 0 Å². The number of aromatic nitrogens is 3. The van der Waals surface area contributed by atoms with Crippen LogP contribution in [0.15, 0.2) is 109 Å². The van der Waals surface area contributed by atoms with Gasteiger partial charge in [0.25, 0.3) is 0 Å². The van der Waals surface area contributed by atoms with Gasteiger partial charge in [0.05, 0.1) is 76.8 Å². The highest BCUT2D eigenvalue weighted by molar-refractivity contribution is 5.73. The molecule has 0 saturated carbocycles. The summed E-state index contributed by atoms with van der Waals surface area (Å²) in [6.45, 7) is 1.55. The molecule has 6 aromatic rings. The lowest BCUT2D eigenvalue weighted by Crippen LogP contribution is -2.24. The van der Waals surface area contributed by atoms with Crippen LogP contribution < -0.4 is 28.4 Å². The molecule has 3 aromatic heterocycles. The number of para-hydroxylation sites is 3. The minimum absolute atomic E-state index is 0.517. The van der Waals surface area contributed by atoms with Crippen LogP contribution in [0, 0.1) is 0 Å². The molecule has 52 heavy (non-hydrogen) atoms. The number of methoxy groups -OCH3 is 6. The summed E-state index contributed by atoms with van der Waals surface area (Å²) in [6.07, 6.45) is 0. The maximum atomic E-state index is 5.73. The molecule has 0 fully saturated rings. The SMILES string of the molecule is COc1cccc(-c2cccc(CN(Cc3cccc(-c4cccc(OC)c4OC)n3)Cc3cccc(-c4cccc(OC)c4OC)n3)n2)c1OC. The molecule has 0 radical (unpaired) electrons. The Morgan fingerprint density at radius 3 is 0.923 bits per heavy atom. The molecule has 10 nitrogen and oxygen atoms in total. The maximum absolute atomic E-state index is 5.73. The Balaban J connectivity index is 1.37. The summed E-state index contributed by atoms with van der Waals surface area (Å²) in [4.78, 5) is 17.5. The van der Waals surface area contributed by atoms with E-state index in [1.807, 2.05) is 109 Å². The molecule has 6 rings (SSSR count). The number of ether oxygens (including phenoxy) is 6. The standard InChI is InChI=1S/C42H42N4O6/c1-47-37-22-10-16-31(40(37)50-4)34-19-7-13-28(43-34)25-46(26-29-14-8-20-35(44-29)32-17-11-23-38(48-2)41(32)51-5)27-30-15-9-21-36(45-30)33-18-12-24-39(49-3)42(33)52-6/h7-24H,25-27H2,1-6H3. The maximum Gasteiger partial charge on any atom is 0.170 e. The Hall–Kier alpha value is -6.13. The van der Waals surface area contributed by atoms with Crippen LogP contribution in [0.2, 0.25) is 0 Å². The van der Waals surface area contributed by atoms with Crippen molar-refractivity contribution in [1.29, 1.82) is 0 Å². The molecule has 3 aromatic carbocycles. The first-order valence-corrected chi connectivity index (χ1v) is 16.7. The summed E-state index contributed by atoms with van der Waals surface area (Å²) in [7, 11) is 9.80. The van der Waals surface area contributed by atoms with Crippen molar-refractivity contribution in [2.75, 3.05) is 42.7 Å². The number of hydrogen-bond donors (Lipinski definition) is 0. The van der Waals surface area contributed by atoms with Crippen molar-refractivity contribution in [3.63, 3.8) is 0 Å². The Bertz CT molecular complexity index is 1900. The van der Waals surface area contributed by atoms with Gasteiger partial charge in [-0.3, -0.25) is 19.9 Å². The normalized spacial score (nSPS) is 10.9. The topological polar surface area (TPSA) is 97.3 Å². The number of rotatable bonds is 15. The first kappa shape index (κ1) is 35.7. The van der Waals surface area contributed by atoms with Crippen LogP contribution in [0.1, 0.15) is 17.1 Å². The second kappa shape index (κ2) is 16.7. The van der Waals surface area contributed by atoms with Crippen molar-refractivity contribution >= 4 is 0 Å². The summed E-state index contributed by atoms with van der Waals surface area (Å²) in [5, 5.41) is 0. The highest BCUT2D eigenvalue weighted by atomic mass is 16.5. The van der Waals surface area contributed by atoms with Gasteiger partial charge in [0.15, 0.2) is 34.5 Å². The Morgan fingerprint density at radius 2 is 0.654 bits per heavy atom. The monoisotopic (exact) mass is 698 g/mol. The fourth-order valence-corrected chi connectivity index (χ4v) is 6.27. The van der Waals surface area contributed by atoms with E-state index in [4.69, 9.17) is 43.4 Å². The van der Waals surface area contributed by atoms with Crippen molar-refractivity contribution in [3.8, 4) is 68.3 Å². The van der Waals surface area contributed by atoms with Gasteiger partial charge in [-0.25, -0.2) is 0 Å². The third-order valence-electron chi connectivity index (χ3n) is 8.61. The van der Waals surface area contributed by atoms with Crippen LogP contribution in [0.5, 0.6) is 34.5 Å². The Labute approximate surface area is 304 Å². The quantitative estimate of drug-likeness (QED) is 0.105. The van der Waals surface area contributed by atoms with Crippen molar-refractivity contribution < 1.29 is 28.4 Å². The fraction of sp³-hybridized carbons (Fsp3) is 0.214. The fourth-order valence-electron chi connectivity index (χ4n) is 6.27. The van der Waals surface area contributed by atoms with Gasteiger partial charge < -0.3 is 28.4 Å². The summed E-state index contributed by atoms with van der Waals surface area (Å²) in [5.41, 5.74) is 7.50. The second-order valence-electron chi connectivity index (χ2n) is 11.8. The van der Waals surface area contributed by atoms with E-state index in [9.17, 15) is 0 Å². The molecule has 0 aliphatic carbocycles. The van der Waals surface area contributed by atoms with Gasteiger partial charge in [0.1, 0.15) is 0 Å². The first-order chi connectivity index (χ1) is 25.5. The van der Waals surface area contributed by atoms with Gasteiger partial charge in [-0.05, 0) is 72.8 Å². The van der Waals surface area contributed by atoms with E-state index in [0.29, 0.717) is 54.1 Å². The Morgan fingerprint density at radius 1 is 0.365 bits per heavy atom. The van der Waals surface area contributed by atoms with Crippen molar-refractivity contribution in [1.82, 2.24) is 19.9 Å². The van der Waals surface area contributed by atoms with E-state index < -0.39 is 0 Å². The van der Waals surface area contributed by atoms with Crippen molar-refractivity contribution in [2.24, 2.45) is 0 Å². The number of benzene rings is 3. The van der Waals surface area contributed by atoms with E-state index in [-0.39, 0.29) is 0 Å². The Kier molecular flexibility index (Phi) is 11.5. The molecule has 266 valence electrons. The van der Waals surface area contributed by atoms with Crippen LogP contribution in [-0.4, -0.2) is 62.5 Å². The smallest absolute Gasteiger partial charge is 0.170 e.